The number of rotatable bonds is 4. The zero-order valence-electron chi connectivity index (χ0n) is 10.8. The first kappa shape index (κ1) is 13.5. The molecule has 0 unspecified atom stereocenters. The lowest BCUT2D eigenvalue weighted by Crippen LogP contribution is -2.30. The van der Waals surface area contributed by atoms with Crippen LogP contribution in [0.2, 0.25) is 0 Å². The van der Waals surface area contributed by atoms with Gasteiger partial charge in [-0.15, -0.1) is 0 Å². The molecule has 1 atom stereocenters. The lowest BCUT2D eigenvalue weighted by atomic mass is 10.0. The van der Waals surface area contributed by atoms with Gasteiger partial charge in [0, 0.05) is 5.69 Å². The van der Waals surface area contributed by atoms with Crippen molar-refractivity contribution in [1.29, 1.82) is 5.26 Å². The molecule has 1 aromatic rings. The minimum absolute atomic E-state index is 0.0250. The summed E-state index contributed by atoms with van der Waals surface area (Å²) in [5.41, 5.74) is 2.32. The Labute approximate surface area is 102 Å². The van der Waals surface area contributed by atoms with Crippen LogP contribution in [-0.2, 0) is 0 Å². The largest absolute Gasteiger partial charge is 0.394 e. The van der Waals surface area contributed by atoms with E-state index < -0.39 is 0 Å². The van der Waals surface area contributed by atoms with Gasteiger partial charge in [0.1, 0.15) is 11.9 Å². The first-order chi connectivity index (χ1) is 7.99. The molecule has 0 aliphatic carbocycles. The van der Waals surface area contributed by atoms with E-state index in [1.807, 2.05) is 33.8 Å². The maximum Gasteiger partial charge on any atom is 0.144 e. The molecule has 0 aromatic carbocycles. The molecule has 1 aromatic heterocycles. The third kappa shape index (κ3) is 3.18. The summed E-state index contributed by atoms with van der Waals surface area (Å²) in [6.45, 7) is 7.84. The third-order valence-electron chi connectivity index (χ3n) is 2.78. The molecule has 0 amide bonds. The highest BCUT2D eigenvalue weighted by Crippen LogP contribution is 2.19. The minimum Gasteiger partial charge on any atom is -0.394 e. The van der Waals surface area contributed by atoms with Crippen LogP contribution in [0.25, 0.3) is 0 Å². The van der Waals surface area contributed by atoms with Gasteiger partial charge in [-0.2, -0.15) is 5.26 Å². The first-order valence-corrected chi connectivity index (χ1v) is 5.75. The molecular formula is C13H19N3O. The van der Waals surface area contributed by atoms with Crippen molar-refractivity contribution >= 4 is 5.82 Å². The van der Waals surface area contributed by atoms with Gasteiger partial charge in [-0.25, -0.2) is 4.98 Å². The Hall–Kier alpha value is -1.60. The van der Waals surface area contributed by atoms with Crippen molar-refractivity contribution in [2.24, 2.45) is 5.92 Å². The predicted molar refractivity (Wildman–Crippen MR) is 67.8 cm³/mol. The zero-order valence-corrected chi connectivity index (χ0v) is 10.8. The number of nitrogens with one attached hydrogen (secondary N) is 1. The van der Waals surface area contributed by atoms with Crippen molar-refractivity contribution in [2.75, 3.05) is 11.9 Å². The Kier molecular flexibility index (Phi) is 4.47. The number of nitrogens with zero attached hydrogens (tertiary/aromatic N) is 2. The minimum atomic E-state index is -0.0872. The van der Waals surface area contributed by atoms with Crippen molar-refractivity contribution in [3.05, 3.63) is 22.9 Å². The number of pyridine rings is 1. The second-order valence-electron chi connectivity index (χ2n) is 4.59. The Bertz CT molecular complexity index is 435. The molecule has 0 spiro atoms. The van der Waals surface area contributed by atoms with Crippen molar-refractivity contribution in [3.8, 4) is 6.07 Å². The molecule has 2 N–H and O–H groups in total. The molecule has 0 saturated heterocycles. The number of aliphatic hydroxyl groups is 1. The Balaban J connectivity index is 3.09. The number of aromatic nitrogens is 1. The van der Waals surface area contributed by atoms with E-state index in [2.05, 4.69) is 16.4 Å². The molecule has 4 heteroatoms. The summed E-state index contributed by atoms with van der Waals surface area (Å²) in [6.07, 6.45) is 0. The fourth-order valence-electron chi connectivity index (χ4n) is 1.68. The number of nitriles is 1. The second kappa shape index (κ2) is 5.65. The summed E-state index contributed by atoms with van der Waals surface area (Å²) in [5, 5.41) is 21.6. The van der Waals surface area contributed by atoms with E-state index in [0.29, 0.717) is 11.4 Å². The van der Waals surface area contributed by atoms with Crippen molar-refractivity contribution < 1.29 is 5.11 Å². The molecule has 1 rings (SSSR count). The SMILES string of the molecule is Cc1cc(C)c(C#N)c(N[C@H](CO)C(C)C)n1. The van der Waals surface area contributed by atoms with Crippen LogP contribution in [-0.4, -0.2) is 22.7 Å². The maximum atomic E-state index is 9.29. The number of aryl methyl sites for hydroxylation is 2. The summed E-state index contributed by atoms with van der Waals surface area (Å²) in [6, 6.07) is 3.95. The second-order valence-corrected chi connectivity index (χ2v) is 4.59. The van der Waals surface area contributed by atoms with Crippen LogP contribution in [0.5, 0.6) is 0 Å². The van der Waals surface area contributed by atoms with Gasteiger partial charge >= 0.3 is 0 Å². The Morgan fingerprint density at radius 3 is 2.59 bits per heavy atom. The van der Waals surface area contributed by atoms with Gasteiger partial charge in [-0.05, 0) is 31.4 Å². The number of hydrogen-bond donors (Lipinski definition) is 2. The van der Waals surface area contributed by atoms with E-state index >= 15 is 0 Å². The Morgan fingerprint density at radius 2 is 2.12 bits per heavy atom. The molecule has 0 aliphatic heterocycles. The smallest absolute Gasteiger partial charge is 0.144 e. The molecule has 92 valence electrons. The third-order valence-corrected chi connectivity index (χ3v) is 2.78. The highest BCUT2D eigenvalue weighted by atomic mass is 16.3. The molecule has 0 fully saturated rings. The highest BCUT2D eigenvalue weighted by Gasteiger charge is 2.16. The van der Waals surface area contributed by atoms with Crippen molar-refractivity contribution in [3.63, 3.8) is 0 Å². The number of hydrogen-bond acceptors (Lipinski definition) is 4. The van der Waals surface area contributed by atoms with Crippen LogP contribution in [0, 0.1) is 31.1 Å². The van der Waals surface area contributed by atoms with E-state index in [9.17, 15) is 5.11 Å². The number of aliphatic hydroxyl groups excluding tert-OH is 1. The molecule has 0 bridgehead atoms. The zero-order chi connectivity index (χ0) is 13.0. The van der Waals surface area contributed by atoms with E-state index in [4.69, 9.17) is 5.26 Å². The topological polar surface area (TPSA) is 68.9 Å². The fourth-order valence-corrected chi connectivity index (χ4v) is 1.68. The standard InChI is InChI=1S/C13H19N3O/c1-8(2)12(7-17)16-13-11(6-14)9(3)5-10(4)15-13/h5,8,12,17H,7H2,1-4H3,(H,15,16)/t12-/m1/s1. The summed E-state index contributed by atoms with van der Waals surface area (Å²) < 4.78 is 0. The van der Waals surface area contributed by atoms with Crippen LogP contribution in [0.15, 0.2) is 6.07 Å². The van der Waals surface area contributed by atoms with Crippen molar-refractivity contribution in [2.45, 2.75) is 33.7 Å². The molecule has 4 nitrogen and oxygen atoms in total. The summed E-state index contributed by atoms with van der Waals surface area (Å²) >= 11 is 0. The average Bonchev–Trinajstić information content (AvgIpc) is 2.24. The van der Waals surface area contributed by atoms with E-state index in [-0.39, 0.29) is 18.6 Å². The van der Waals surface area contributed by atoms with Crippen LogP contribution in [0.3, 0.4) is 0 Å². The van der Waals surface area contributed by atoms with Gasteiger partial charge in [0.05, 0.1) is 18.2 Å². The molecule has 17 heavy (non-hydrogen) atoms. The van der Waals surface area contributed by atoms with Gasteiger partial charge in [-0.1, -0.05) is 13.8 Å². The van der Waals surface area contributed by atoms with Gasteiger partial charge < -0.3 is 10.4 Å². The molecular weight excluding hydrogens is 214 g/mol. The lowest BCUT2D eigenvalue weighted by Gasteiger charge is -2.21. The fraction of sp³-hybridized carbons (Fsp3) is 0.538. The van der Waals surface area contributed by atoms with E-state index in [0.717, 1.165) is 11.3 Å². The number of anilines is 1. The van der Waals surface area contributed by atoms with E-state index in [1.54, 1.807) is 0 Å². The normalized spacial score (nSPS) is 12.3. The van der Waals surface area contributed by atoms with Crippen LogP contribution in [0.1, 0.15) is 30.7 Å². The van der Waals surface area contributed by atoms with Crippen LogP contribution in [0.4, 0.5) is 5.82 Å². The van der Waals surface area contributed by atoms with Gasteiger partial charge in [0.15, 0.2) is 0 Å². The van der Waals surface area contributed by atoms with E-state index in [1.165, 1.54) is 0 Å². The molecule has 0 aliphatic rings. The quantitative estimate of drug-likeness (QED) is 0.834. The van der Waals surface area contributed by atoms with Crippen LogP contribution >= 0.6 is 0 Å². The Morgan fingerprint density at radius 1 is 1.47 bits per heavy atom. The highest BCUT2D eigenvalue weighted by molar-refractivity contribution is 5.56. The maximum absolute atomic E-state index is 9.29. The summed E-state index contributed by atoms with van der Waals surface area (Å²) in [5.74, 6) is 0.840. The van der Waals surface area contributed by atoms with Crippen molar-refractivity contribution in [1.82, 2.24) is 4.98 Å². The molecule has 1 heterocycles. The lowest BCUT2D eigenvalue weighted by molar-refractivity contribution is 0.249. The van der Waals surface area contributed by atoms with Gasteiger partial charge in [-0.3, -0.25) is 0 Å². The molecule has 0 radical (unpaired) electrons. The van der Waals surface area contributed by atoms with Gasteiger partial charge in [0.25, 0.3) is 0 Å². The van der Waals surface area contributed by atoms with Crippen LogP contribution < -0.4 is 5.32 Å². The summed E-state index contributed by atoms with van der Waals surface area (Å²) in [4.78, 5) is 4.33. The average molecular weight is 233 g/mol. The first-order valence-electron chi connectivity index (χ1n) is 5.75. The predicted octanol–water partition coefficient (Wildman–Crippen LogP) is 2.00. The van der Waals surface area contributed by atoms with Gasteiger partial charge in [0.2, 0.25) is 0 Å². The molecule has 0 saturated carbocycles. The summed E-state index contributed by atoms with van der Waals surface area (Å²) in [7, 11) is 0. The monoisotopic (exact) mass is 233 g/mol.